The van der Waals surface area contributed by atoms with Gasteiger partial charge in [0.05, 0.1) is 11.4 Å². The molecular weight excluding hydrogens is 293 g/mol. The molecule has 0 aliphatic carbocycles. The molecule has 1 unspecified atom stereocenters. The van der Waals surface area contributed by atoms with E-state index in [9.17, 15) is 9.18 Å². The zero-order valence-electron chi connectivity index (χ0n) is 12.7. The number of amides is 2. The van der Waals surface area contributed by atoms with Crippen LogP contribution in [0, 0.1) is 5.82 Å². The molecule has 1 fully saturated rings. The lowest BCUT2D eigenvalue weighted by Gasteiger charge is -2.40. The molecule has 4 rings (SSSR count). The molecule has 1 N–H and O–H groups in total. The van der Waals surface area contributed by atoms with Crippen LogP contribution in [-0.2, 0) is 0 Å². The summed E-state index contributed by atoms with van der Waals surface area (Å²) in [5.41, 5.74) is 2.50. The van der Waals surface area contributed by atoms with Gasteiger partial charge in [-0.2, -0.15) is 0 Å². The van der Waals surface area contributed by atoms with Crippen molar-refractivity contribution in [3.8, 4) is 0 Å². The smallest absolute Gasteiger partial charge is 0.326 e. The van der Waals surface area contributed by atoms with E-state index in [0.717, 1.165) is 30.8 Å². The second kappa shape index (κ2) is 5.57. The van der Waals surface area contributed by atoms with Crippen LogP contribution in [0.3, 0.4) is 0 Å². The molecule has 2 aromatic rings. The van der Waals surface area contributed by atoms with Gasteiger partial charge in [0.1, 0.15) is 5.82 Å². The molecule has 0 saturated carbocycles. The van der Waals surface area contributed by atoms with E-state index in [1.807, 2.05) is 18.2 Å². The Balaban J connectivity index is 1.63. The first kappa shape index (κ1) is 14.1. The van der Waals surface area contributed by atoms with Gasteiger partial charge in [-0.1, -0.05) is 18.2 Å². The van der Waals surface area contributed by atoms with Gasteiger partial charge in [0.25, 0.3) is 0 Å². The zero-order valence-corrected chi connectivity index (χ0v) is 12.7. The zero-order chi connectivity index (χ0) is 15.8. The number of benzene rings is 2. The minimum absolute atomic E-state index is 0.213. The van der Waals surface area contributed by atoms with Crippen LogP contribution < -0.4 is 15.1 Å². The van der Waals surface area contributed by atoms with Gasteiger partial charge >= 0.3 is 6.03 Å². The predicted octanol–water partition coefficient (Wildman–Crippen LogP) is 3.85. The number of para-hydroxylation sites is 2. The molecule has 118 valence electrons. The third-order valence-corrected chi connectivity index (χ3v) is 4.57. The van der Waals surface area contributed by atoms with Gasteiger partial charge in [0.2, 0.25) is 0 Å². The summed E-state index contributed by atoms with van der Waals surface area (Å²) in [4.78, 5) is 16.9. The molecule has 1 saturated heterocycles. The van der Waals surface area contributed by atoms with Gasteiger partial charge in [0, 0.05) is 24.8 Å². The highest BCUT2D eigenvalue weighted by atomic mass is 19.1. The number of hydrogen-bond acceptors (Lipinski definition) is 2. The summed E-state index contributed by atoms with van der Waals surface area (Å²) < 4.78 is 13.3. The minimum atomic E-state index is -0.358. The van der Waals surface area contributed by atoms with Crippen molar-refractivity contribution < 1.29 is 9.18 Å². The number of nitrogens with zero attached hydrogens (tertiary/aromatic N) is 2. The highest BCUT2D eigenvalue weighted by molar-refractivity contribution is 6.04. The van der Waals surface area contributed by atoms with Crippen LogP contribution in [-0.4, -0.2) is 25.2 Å². The van der Waals surface area contributed by atoms with E-state index in [-0.39, 0.29) is 11.8 Å². The maximum Gasteiger partial charge on any atom is 0.326 e. The molecule has 1 atom stereocenters. The van der Waals surface area contributed by atoms with E-state index >= 15 is 0 Å². The van der Waals surface area contributed by atoms with E-state index in [2.05, 4.69) is 16.3 Å². The molecule has 2 amide bonds. The summed E-state index contributed by atoms with van der Waals surface area (Å²) >= 11 is 0. The van der Waals surface area contributed by atoms with Gasteiger partial charge in [-0.3, -0.25) is 4.90 Å². The Kier molecular flexibility index (Phi) is 3.41. The Labute approximate surface area is 134 Å². The third kappa shape index (κ3) is 2.52. The molecule has 2 aliphatic rings. The minimum Gasteiger partial charge on any atom is -0.365 e. The fourth-order valence-corrected chi connectivity index (χ4v) is 3.54. The summed E-state index contributed by atoms with van der Waals surface area (Å²) in [6.45, 7) is 1.71. The predicted molar refractivity (Wildman–Crippen MR) is 89.6 cm³/mol. The number of anilines is 3. The van der Waals surface area contributed by atoms with Crippen molar-refractivity contribution in [1.82, 2.24) is 0 Å². The Morgan fingerprint density at radius 1 is 1.13 bits per heavy atom. The summed E-state index contributed by atoms with van der Waals surface area (Å²) in [5.74, 6) is -0.358. The molecule has 0 aromatic heterocycles. The number of rotatable bonds is 1. The van der Waals surface area contributed by atoms with E-state index in [1.54, 1.807) is 17.0 Å². The lowest BCUT2D eigenvalue weighted by molar-refractivity contribution is 0.256. The van der Waals surface area contributed by atoms with Gasteiger partial charge in [-0.05, 0) is 43.2 Å². The maximum absolute atomic E-state index is 13.3. The lowest BCUT2D eigenvalue weighted by Crippen LogP contribution is -2.49. The van der Waals surface area contributed by atoms with Crippen molar-refractivity contribution in [2.45, 2.75) is 18.9 Å². The van der Waals surface area contributed by atoms with E-state index in [0.29, 0.717) is 18.3 Å². The molecule has 0 spiro atoms. The SMILES string of the molecule is O=C(Nc1cccc(F)c1)N1CC2CCCN2c2ccccc21. The quantitative estimate of drug-likeness (QED) is 0.868. The molecule has 2 heterocycles. The van der Waals surface area contributed by atoms with E-state index in [1.165, 1.54) is 12.1 Å². The monoisotopic (exact) mass is 311 g/mol. The second-order valence-corrected chi connectivity index (χ2v) is 6.03. The molecule has 0 radical (unpaired) electrons. The van der Waals surface area contributed by atoms with Crippen LogP contribution in [0.5, 0.6) is 0 Å². The topological polar surface area (TPSA) is 35.6 Å². The summed E-state index contributed by atoms with van der Waals surface area (Å²) in [7, 11) is 0. The normalized spacial score (nSPS) is 19.3. The van der Waals surface area contributed by atoms with Gasteiger partial charge in [-0.25, -0.2) is 9.18 Å². The van der Waals surface area contributed by atoms with Crippen LogP contribution in [0.2, 0.25) is 0 Å². The Bertz CT molecular complexity index is 749. The van der Waals surface area contributed by atoms with Crippen molar-refractivity contribution in [1.29, 1.82) is 0 Å². The van der Waals surface area contributed by atoms with Crippen molar-refractivity contribution in [3.63, 3.8) is 0 Å². The number of nitrogens with one attached hydrogen (secondary N) is 1. The van der Waals surface area contributed by atoms with Gasteiger partial charge in [0.15, 0.2) is 0 Å². The Hall–Kier alpha value is -2.56. The standard InChI is InChI=1S/C18H18FN3O/c19-13-5-3-6-14(11-13)20-18(23)22-12-15-7-4-10-21(15)16-8-1-2-9-17(16)22/h1-3,5-6,8-9,11,15H,4,7,10,12H2,(H,20,23). The fourth-order valence-electron chi connectivity index (χ4n) is 3.54. The molecule has 4 nitrogen and oxygen atoms in total. The van der Waals surface area contributed by atoms with Crippen LogP contribution in [0.15, 0.2) is 48.5 Å². The summed E-state index contributed by atoms with van der Waals surface area (Å²) in [6.07, 6.45) is 2.25. The van der Waals surface area contributed by atoms with Crippen molar-refractivity contribution in [2.75, 3.05) is 28.2 Å². The molecule has 0 bridgehead atoms. The lowest BCUT2D eigenvalue weighted by atomic mass is 10.1. The van der Waals surface area contributed by atoms with Gasteiger partial charge in [-0.15, -0.1) is 0 Å². The molecule has 5 heteroatoms. The maximum atomic E-state index is 13.3. The van der Waals surface area contributed by atoms with Crippen LogP contribution in [0.4, 0.5) is 26.2 Å². The first-order valence-corrected chi connectivity index (χ1v) is 7.92. The van der Waals surface area contributed by atoms with E-state index in [4.69, 9.17) is 0 Å². The Morgan fingerprint density at radius 3 is 2.78 bits per heavy atom. The number of carbonyl (C=O) groups excluding carboxylic acids is 1. The van der Waals surface area contributed by atoms with Crippen LogP contribution in [0.1, 0.15) is 12.8 Å². The second-order valence-electron chi connectivity index (χ2n) is 6.03. The van der Waals surface area contributed by atoms with Crippen molar-refractivity contribution in [2.24, 2.45) is 0 Å². The van der Waals surface area contributed by atoms with Crippen molar-refractivity contribution in [3.05, 3.63) is 54.3 Å². The largest absolute Gasteiger partial charge is 0.365 e. The molecule has 2 aliphatic heterocycles. The number of hydrogen-bond donors (Lipinski definition) is 1. The van der Waals surface area contributed by atoms with Crippen molar-refractivity contribution >= 4 is 23.1 Å². The number of halogens is 1. The highest BCUT2D eigenvalue weighted by Crippen LogP contribution is 2.39. The number of carbonyl (C=O) groups is 1. The average Bonchev–Trinajstić information content (AvgIpc) is 3.03. The number of urea groups is 1. The summed E-state index contributed by atoms with van der Waals surface area (Å²) in [6, 6.07) is 14.1. The van der Waals surface area contributed by atoms with Crippen LogP contribution >= 0.6 is 0 Å². The average molecular weight is 311 g/mol. The fraction of sp³-hybridized carbons (Fsp3) is 0.278. The molecule has 2 aromatic carbocycles. The van der Waals surface area contributed by atoms with Crippen LogP contribution in [0.25, 0.3) is 0 Å². The highest BCUT2D eigenvalue weighted by Gasteiger charge is 2.36. The molecular formula is C18H18FN3O. The number of fused-ring (bicyclic) bond motifs is 3. The summed E-state index contributed by atoms with van der Waals surface area (Å²) in [5, 5.41) is 2.80. The van der Waals surface area contributed by atoms with E-state index < -0.39 is 0 Å². The first-order chi connectivity index (χ1) is 11.2. The first-order valence-electron chi connectivity index (χ1n) is 7.92. The molecule has 23 heavy (non-hydrogen) atoms. The third-order valence-electron chi connectivity index (χ3n) is 4.57. The Morgan fingerprint density at radius 2 is 1.96 bits per heavy atom. The van der Waals surface area contributed by atoms with Gasteiger partial charge < -0.3 is 10.2 Å².